The summed E-state index contributed by atoms with van der Waals surface area (Å²) in [4.78, 5) is 11.3. The van der Waals surface area contributed by atoms with Crippen LogP contribution in [0.5, 0.6) is 17.2 Å². The third kappa shape index (κ3) is 2.68. The molecule has 0 saturated heterocycles. The maximum Gasteiger partial charge on any atom is 0.345 e. The van der Waals surface area contributed by atoms with Crippen molar-refractivity contribution in [2.75, 3.05) is 7.11 Å². The van der Waals surface area contributed by atoms with E-state index in [1.54, 1.807) is 25.3 Å². The topological polar surface area (TPSA) is 55.8 Å². The summed E-state index contributed by atoms with van der Waals surface area (Å²) in [7, 11) is 1.56. The van der Waals surface area contributed by atoms with Crippen LogP contribution in [0.1, 0.15) is 9.67 Å². The first-order valence-corrected chi connectivity index (χ1v) is 7.07. The number of fused-ring (bicyclic) bond motifs is 1. The molecule has 0 aliphatic heterocycles. The molecule has 0 atom stereocenters. The van der Waals surface area contributed by atoms with Gasteiger partial charge < -0.3 is 14.6 Å². The Balaban J connectivity index is 2.06. The van der Waals surface area contributed by atoms with Gasteiger partial charge in [-0.25, -0.2) is 4.79 Å². The van der Waals surface area contributed by atoms with Crippen LogP contribution >= 0.6 is 11.3 Å². The molecule has 1 aromatic heterocycles. The molecule has 5 heteroatoms. The normalized spacial score (nSPS) is 10.5. The van der Waals surface area contributed by atoms with E-state index in [2.05, 4.69) is 0 Å². The SMILES string of the molecule is COc1cc2cc(C(=O)O)sc2cc1Oc1ccccc1. The Hall–Kier alpha value is -2.53. The van der Waals surface area contributed by atoms with Gasteiger partial charge in [-0.3, -0.25) is 0 Å². The first-order chi connectivity index (χ1) is 10.2. The number of para-hydroxylation sites is 1. The average Bonchev–Trinajstić information content (AvgIpc) is 2.90. The first kappa shape index (κ1) is 13.5. The van der Waals surface area contributed by atoms with Crippen molar-refractivity contribution in [1.29, 1.82) is 0 Å². The maximum absolute atomic E-state index is 11.0. The maximum atomic E-state index is 11.0. The van der Waals surface area contributed by atoms with E-state index in [1.807, 2.05) is 30.3 Å². The van der Waals surface area contributed by atoms with E-state index in [0.717, 1.165) is 10.1 Å². The molecule has 0 unspecified atom stereocenters. The summed E-state index contributed by atoms with van der Waals surface area (Å²) in [5, 5.41) is 9.89. The highest BCUT2D eigenvalue weighted by Gasteiger charge is 2.13. The molecular formula is C16H12O4S. The molecule has 3 rings (SSSR count). The number of carboxylic acid groups (broad SMARTS) is 1. The molecule has 0 bridgehead atoms. The van der Waals surface area contributed by atoms with E-state index in [1.165, 1.54) is 11.3 Å². The van der Waals surface area contributed by atoms with Crippen LogP contribution in [0, 0.1) is 0 Å². The highest BCUT2D eigenvalue weighted by Crippen LogP contribution is 2.38. The highest BCUT2D eigenvalue weighted by molar-refractivity contribution is 7.20. The van der Waals surface area contributed by atoms with Gasteiger partial charge in [-0.1, -0.05) is 18.2 Å². The number of carboxylic acids is 1. The zero-order valence-electron chi connectivity index (χ0n) is 11.2. The molecule has 0 aliphatic rings. The summed E-state index contributed by atoms with van der Waals surface area (Å²) in [6.07, 6.45) is 0. The fourth-order valence-corrected chi connectivity index (χ4v) is 2.92. The summed E-state index contributed by atoms with van der Waals surface area (Å²) in [6.45, 7) is 0. The number of thiophene rings is 1. The van der Waals surface area contributed by atoms with E-state index in [0.29, 0.717) is 22.1 Å². The molecule has 0 fully saturated rings. The van der Waals surface area contributed by atoms with Crippen molar-refractivity contribution in [2.45, 2.75) is 0 Å². The molecule has 4 nitrogen and oxygen atoms in total. The van der Waals surface area contributed by atoms with Gasteiger partial charge in [0.15, 0.2) is 11.5 Å². The van der Waals surface area contributed by atoms with Gasteiger partial charge >= 0.3 is 5.97 Å². The van der Waals surface area contributed by atoms with Crippen LogP contribution in [0.3, 0.4) is 0 Å². The van der Waals surface area contributed by atoms with Gasteiger partial charge in [-0.2, -0.15) is 0 Å². The standard InChI is InChI=1S/C16H12O4S/c1-19-12-7-10-8-15(16(17)18)21-14(10)9-13(12)20-11-5-3-2-4-6-11/h2-9H,1H3,(H,17,18). The van der Waals surface area contributed by atoms with Gasteiger partial charge in [0.1, 0.15) is 10.6 Å². The number of carbonyl (C=O) groups is 1. The predicted octanol–water partition coefficient (Wildman–Crippen LogP) is 4.40. The molecule has 0 saturated carbocycles. The van der Waals surface area contributed by atoms with E-state index in [4.69, 9.17) is 14.6 Å². The molecule has 0 spiro atoms. The lowest BCUT2D eigenvalue weighted by Crippen LogP contribution is -1.90. The monoisotopic (exact) mass is 300 g/mol. The predicted molar refractivity (Wildman–Crippen MR) is 81.9 cm³/mol. The lowest BCUT2D eigenvalue weighted by atomic mass is 10.2. The molecule has 0 aliphatic carbocycles. The number of methoxy groups -OCH3 is 1. The van der Waals surface area contributed by atoms with Crippen LogP contribution in [0.4, 0.5) is 0 Å². The minimum atomic E-state index is -0.930. The van der Waals surface area contributed by atoms with Gasteiger partial charge in [-0.15, -0.1) is 11.3 Å². The molecule has 106 valence electrons. The van der Waals surface area contributed by atoms with Gasteiger partial charge in [0, 0.05) is 10.8 Å². The van der Waals surface area contributed by atoms with Crippen molar-refractivity contribution in [3.8, 4) is 17.2 Å². The van der Waals surface area contributed by atoms with Gasteiger partial charge in [0.05, 0.1) is 7.11 Å². The highest BCUT2D eigenvalue weighted by atomic mass is 32.1. The van der Waals surface area contributed by atoms with Crippen molar-refractivity contribution in [2.24, 2.45) is 0 Å². The second-order valence-corrected chi connectivity index (χ2v) is 5.46. The summed E-state index contributed by atoms with van der Waals surface area (Å²) >= 11 is 1.21. The Kier molecular flexibility index (Phi) is 3.50. The number of rotatable bonds is 4. The zero-order valence-corrected chi connectivity index (χ0v) is 12.0. The van der Waals surface area contributed by atoms with Crippen LogP contribution in [-0.2, 0) is 0 Å². The number of aromatic carboxylic acids is 1. The smallest absolute Gasteiger partial charge is 0.345 e. The summed E-state index contributed by atoms with van der Waals surface area (Å²) < 4.78 is 12.0. The van der Waals surface area contributed by atoms with Crippen molar-refractivity contribution in [1.82, 2.24) is 0 Å². The number of hydrogen-bond acceptors (Lipinski definition) is 4. The third-order valence-corrected chi connectivity index (χ3v) is 4.07. The number of hydrogen-bond donors (Lipinski definition) is 1. The fourth-order valence-electron chi connectivity index (χ4n) is 2.01. The third-order valence-electron chi connectivity index (χ3n) is 2.98. The Morgan fingerprint density at radius 2 is 1.86 bits per heavy atom. The second-order valence-electron chi connectivity index (χ2n) is 4.37. The van der Waals surface area contributed by atoms with E-state index in [9.17, 15) is 4.79 Å². The van der Waals surface area contributed by atoms with Gasteiger partial charge in [0.25, 0.3) is 0 Å². The zero-order chi connectivity index (χ0) is 14.8. The molecule has 1 heterocycles. The Labute approximate surface area is 125 Å². The molecule has 1 N–H and O–H groups in total. The Morgan fingerprint density at radius 1 is 1.10 bits per heavy atom. The molecule has 3 aromatic rings. The summed E-state index contributed by atoms with van der Waals surface area (Å²) in [5.74, 6) is 0.905. The van der Waals surface area contributed by atoms with Crippen LogP contribution < -0.4 is 9.47 Å². The van der Waals surface area contributed by atoms with E-state index >= 15 is 0 Å². The molecule has 21 heavy (non-hydrogen) atoms. The van der Waals surface area contributed by atoms with Crippen molar-refractivity contribution >= 4 is 27.4 Å². The largest absolute Gasteiger partial charge is 0.493 e. The molecule has 0 radical (unpaired) electrons. The first-order valence-electron chi connectivity index (χ1n) is 6.25. The Bertz CT molecular complexity index is 793. The van der Waals surface area contributed by atoms with Crippen molar-refractivity contribution in [3.05, 3.63) is 53.4 Å². The second kappa shape index (κ2) is 5.46. The number of ether oxygens (including phenoxy) is 2. The molecule has 0 amide bonds. The average molecular weight is 300 g/mol. The van der Waals surface area contributed by atoms with Crippen LogP contribution in [0.25, 0.3) is 10.1 Å². The van der Waals surface area contributed by atoms with Crippen LogP contribution in [0.2, 0.25) is 0 Å². The molecular weight excluding hydrogens is 288 g/mol. The lowest BCUT2D eigenvalue weighted by molar-refractivity contribution is 0.0702. The number of benzene rings is 2. The summed E-state index contributed by atoms with van der Waals surface area (Å²) in [6, 6.07) is 14.6. The van der Waals surface area contributed by atoms with Gasteiger partial charge in [-0.05, 0) is 29.7 Å². The summed E-state index contributed by atoms with van der Waals surface area (Å²) in [5.41, 5.74) is 0. The van der Waals surface area contributed by atoms with Crippen LogP contribution in [-0.4, -0.2) is 18.2 Å². The van der Waals surface area contributed by atoms with Crippen LogP contribution in [0.15, 0.2) is 48.5 Å². The lowest BCUT2D eigenvalue weighted by Gasteiger charge is -2.10. The van der Waals surface area contributed by atoms with Crippen molar-refractivity contribution < 1.29 is 19.4 Å². The molecule has 2 aromatic carbocycles. The minimum Gasteiger partial charge on any atom is -0.493 e. The minimum absolute atomic E-state index is 0.295. The Morgan fingerprint density at radius 3 is 2.52 bits per heavy atom. The van der Waals surface area contributed by atoms with E-state index < -0.39 is 5.97 Å². The van der Waals surface area contributed by atoms with Crippen molar-refractivity contribution in [3.63, 3.8) is 0 Å². The quantitative estimate of drug-likeness (QED) is 0.776. The van der Waals surface area contributed by atoms with E-state index in [-0.39, 0.29) is 0 Å². The fraction of sp³-hybridized carbons (Fsp3) is 0.0625. The van der Waals surface area contributed by atoms with Gasteiger partial charge in [0.2, 0.25) is 0 Å².